The van der Waals surface area contributed by atoms with Crippen molar-refractivity contribution in [3.8, 4) is 0 Å². The second kappa shape index (κ2) is 6.14. The van der Waals surface area contributed by atoms with Crippen molar-refractivity contribution in [3.05, 3.63) is 76.9 Å². The predicted octanol–water partition coefficient (Wildman–Crippen LogP) is 5.45. The number of aromatic nitrogens is 2. The highest BCUT2D eigenvalue weighted by Gasteiger charge is 2.35. The van der Waals surface area contributed by atoms with Crippen molar-refractivity contribution in [1.82, 2.24) is 9.97 Å². The monoisotopic (exact) mass is 374 g/mol. The number of aliphatic hydroxyl groups excluding tert-OH is 1. The number of hydrogen-bond donors (Lipinski definition) is 2. The first-order valence-corrected chi connectivity index (χ1v) is 9.76. The largest absolute Gasteiger partial charge is 0.388 e. The Balaban J connectivity index is 1.78. The molecule has 4 aromatic rings. The molecule has 3 nitrogen and oxygen atoms in total. The molecule has 0 aliphatic heterocycles. The van der Waals surface area contributed by atoms with Gasteiger partial charge in [-0.2, -0.15) is 0 Å². The zero-order valence-corrected chi connectivity index (χ0v) is 16.1. The van der Waals surface area contributed by atoms with Crippen molar-refractivity contribution in [1.29, 1.82) is 0 Å². The van der Waals surface area contributed by atoms with Crippen LogP contribution in [0.3, 0.4) is 0 Å². The van der Waals surface area contributed by atoms with E-state index in [2.05, 4.69) is 31.0 Å². The number of H-pyrrole nitrogens is 1. The van der Waals surface area contributed by atoms with Crippen molar-refractivity contribution >= 4 is 21.8 Å². The van der Waals surface area contributed by atoms with Crippen LogP contribution in [0, 0.1) is 11.2 Å². The number of hydrogen-bond acceptors (Lipinski definition) is 2. The van der Waals surface area contributed by atoms with E-state index in [1.54, 1.807) is 0 Å². The van der Waals surface area contributed by atoms with Gasteiger partial charge in [-0.3, -0.25) is 4.98 Å². The summed E-state index contributed by atoms with van der Waals surface area (Å²) < 4.78 is 13.3. The predicted molar refractivity (Wildman–Crippen MR) is 110 cm³/mol. The Morgan fingerprint density at radius 1 is 1.14 bits per heavy atom. The highest BCUT2D eigenvalue weighted by atomic mass is 19.1. The molecule has 2 aromatic heterocycles. The number of benzene rings is 2. The summed E-state index contributed by atoms with van der Waals surface area (Å²) >= 11 is 0. The molecule has 1 unspecified atom stereocenters. The van der Waals surface area contributed by atoms with Gasteiger partial charge in [0.2, 0.25) is 0 Å². The molecule has 5 rings (SSSR count). The summed E-state index contributed by atoms with van der Waals surface area (Å²) in [6, 6.07) is 14.8. The molecular formula is C24H23FN2O. The van der Waals surface area contributed by atoms with Gasteiger partial charge in [0.15, 0.2) is 0 Å². The lowest BCUT2D eigenvalue weighted by Crippen LogP contribution is -2.27. The van der Waals surface area contributed by atoms with Crippen LogP contribution < -0.4 is 0 Å². The van der Waals surface area contributed by atoms with Crippen LogP contribution in [0.25, 0.3) is 21.8 Å². The molecule has 2 aromatic carbocycles. The number of nitrogens with zero attached hydrogens (tertiary/aromatic N) is 1. The van der Waals surface area contributed by atoms with Gasteiger partial charge in [-0.1, -0.05) is 44.2 Å². The maximum Gasteiger partial charge on any atom is 0.123 e. The highest BCUT2D eigenvalue weighted by molar-refractivity contribution is 6.10. The van der Waals surface area contributed by atoms with E-state index in [-0.39, 0.29) is 11.2 Å². The summed E-state index contributed by atoms with van der Waals surface area (Å²) in [6.07, 6.45) is 1.67. The van der Waals surface area contributed by atoms with Gasteiger partial charge >= 0.3 is 0 Å². The van der Waals surface area contributed by atoms with Crippen LogP contribution in [0.2, 0.25) is 0 Å². The quantitative estimate of drug-likeness (QED) is 0.490. The molecule has 0 bridgehead atoms. The molecule has 1 aliphatic carbocycles. The second-order valence-corrected chi connectivity index (χ2v) is 8.70. The third-order valence-corrected chi connectivity index (χ3v) is 5.85. The number of para-hydroxylation sites is 1. The van der Waals surface area contributed by atoms with Crippen LogP contribution in [0.4, 0.5) is 4.39 Å². The summed E-state index contributed by atoms with van der Waals surface area (Å²) in [5.41, 5.74) is 5.94. The fourth-order valence-electron chi connectivity index (χ4n) is 4.63. The summed E-state index contributed by atoms with van der Waals surface area (Å²) in [5.74, 6) is -0.234. The topological polar surface area (TPSA) is 48.9 Å². The van der Waals surface area contributed by atoms with Crippen LogP contribution in [-0.4, -0.2) is 15.1 Å². The van der Waals surface area contributed by atoms with E-state index in [1.807, 2.05) is 24.3 Å². The smallest absolute Gasteiger partial charge is 0.123 e. The van der Waals surface area contributed by atoms with Crippen molar-refractivity contribution in [2.75, 3.05) is 0 Å². The Morgan fingerprint density at radius 2 is 1.89 bits per heavy atom. The number of halogens is 1. The van der Waals surface area contributed by atoms with Gasteiger partial charge in [0.25, 0.3) is 0 Å². The lowest BCUT2D eigenvalue weighted by Gasteiger charge is -2.34. The van der Waals surface area contributed by atoms with E-state index >= 15 is 0 Å². The molecule has 0 fully saturated rings. The number of nitrogens with one attached hydrogen (secondary N) is 1. The van der Waals surface area contributed by atoms with E-state index in [9.17, 15) is 9.50 Å². The fraction of sp³-hybridized carbons (Fsp3) is 0.292. The first-order chi connectivity index (χ1) is 13.4. The van der Waals surface area contributed by atoms with E-state index in [0.717, 1.165) is 57.2 Å². The minimum atomic E-state index is -0.521. The summed E-state index contributed by atoms with van der Waals surface area (Å²) in [5, 5.41) is 13.2. The van der Waals surface area contributed by atoms with Crippen molar-refractivity contribution in [2.24, 2.45) is 5.41 Å². The standard InChI is InChI=1S/C24H23FN2O/c1-24(2)12-19-22(20(28)13-24)21-16-5-3-4-6-17(16)27-23(21)18(26-19)11-14-7-9-15(25)10-8-14/h3-10,20,27-28H,11-13H2,1-2H3. The Morgan fingerprint density at radius 3 is 2.68 bits per heavy atom. The number of fused-ring (bicyclic) bond motifs is 5. The van der Waals surface area contributed by atoms with Crippen molar-refractivity contribution < 1.29 is 9.50 Å². The molecule has 2 N–H and O–H groups in total. The first kappa shape index (κ1) is 17.4. The second-order valence-electron chi connectivity index (χ2n) is 8.70. The number of pyridine rings is 1. The minimum absolute atomic E-state index is 0.00630. The zero-order chi connectivity index (χ0) is 19.5. The summed E-state index contributed by atoms with van der Waals surface area (Å²) in [4.78, 5) is 8.54. The number of aromatic amines is 1. The number of aliphatic hydroxyl groups is 1. The van der Waals surface area contributed by atoms with Crippen molar-refractivity contribution in [2.45, 2.75) is 39.2 Å². The molecule has 0 radical (unpaired) electrons. The molecule has 0 amide bonds. The Hall–Kier alpha value is -2.72. The highest BCUT2D eigenvalue weighted by Crippen LogP contribution is 2.45. The molecule has 28 heavy (non-hydrogen) atoms. The van der Waals surface area contributed by atoms with Gasteiger partial charge in [0.1, 0.15) is 5.82 Å². The van der Waals surface area contributed by atoms with Crippen LogP contribution in [0.5, 0.6) is 0 Å². The average Bonchev–Trinajstić information content (AvgIpc) is 3.02. The van der Waals surface area contributed by atoms with Gasteiger partial charge in [0.05, 0.1) is 17.3 Å². The Kier molecular flexibility index (Phi) is 3.81. The van der Waals surface area contributed by atoms with Crippen molar-refractivity contribution in [3.63, 3.8) is 0 Å². The van der Waals surface area contributed by atoms with Gasteiger partial charge < -0.3 is 10.1 Å². The van der Waals surface area contributed by atoms with E-state index < -0.39 is 6.10 Å². The molecule has 4 heteroatoms. The first-order valence-electron chi connectivity index (χ1n) is 9.76. The van der Waals surface area contributed by atoms with E-state index in [1.165, 1.54) is 12.1 Å². The van der Waals surface area contributed by atoms with Crippen LogP contribution >= 0.6 is 0 Å². The Labute approximate surface area is 163 Å². The minimum Gasteiger partial charge on any atom is -0.388 e. The average molecular weight is 374 g/mol. The van der Waals surface area contributed by atoms with Gasteiger partial charge in [0, 0.05) is 34.0 Å². The normalized spacial score (nSPS) is 18.5. The lowest BCUT2D eigenvalue weighted by atomic mass is 9.74. The maximum atomic E-state index is 13.3. The molecule has 1 atom stereocenters. The molecule has 2 heterocycles. The molecule has 0 spiro atoms. The van der Waals surface area contributed by atoms with Gasteiger partial charge in [-0.25, -0.2) is 4.39 Å². The van der Waals surface area contributed by atoms with E-state index in [0.29, 0.717) is 6.42 Å². The third-order valence-electron chi connectivity index (χ3n) is 5.85. The third kappa shape index (κ3) is 2.80. The van der Waals surface area contributed by atoms with Crippen LogP contribution in [-0.2, 0) is 12.8 Å². The van der Waals surface area contributed by atoms with Gasteiger partial charge in [-0.15, -0.1) is 0 Å². The Bertz CT molecular complexity index is 1190. The number of rotatable bonds is 2. The summed E-state index contributed by atoms with van der Waals surface area (Å²) in [6.45, 7) is 4.36. The molecule has 142 valence electrons. The zero-order valence-electron chi connectivity index (χ0n) is 16.1. The fourth-order valence-corrected chi connectivity index (χ4v) is 4.63. The van der Waals surface area contributed by atoms with Crippen LogP contribution in [0.15, 0.2) is 48.5 Å². The molecule has 0 saturated carbocycles. The molecule has 1 aliphatic rings. The maximum absolute atomic E-state index is 13.3. The van der Waals surface area contributed by atoms with E-state index in [4.69, 9.17) is 4.98 Å². The lowest BCUT2D eigenvalue weighted by molar-refractivity contribution is 0.0997. The summed E-state index contributed by atoms with van der Waals surface area (Å²) in [7, 11) is 0. The van der Waals surface area contributed by atoms with Crippen LogP contribution in [0.1, 0.15) is 48.9 Å². The molecule has 0 saturated heterocycles. The molecular weight excluding hydrogens is 351 g/mol. The SMILES string of the molecule is CC1(C)Cc2nc(Cc3ccc(F)cc3)c3[nH]c4ccccc4c3c2C(O)C1. The van der Waals surface area contributed by atoms with Gasteiger partial charge in [-0.05, 0) is 42.0 Å².